The maximum atomic E-state index is 15.2. The molecule has 4 aromatic rings. The van der Waals surface area contributed by atoms with Crippen molar-refractivity contribution in [3.8, 4) is 0 Å². The molecule has 88 heavy (non-hydrogen) atoms. The highest BCUT2D eigenvalue weighted by Crippen LogP contribution is 2.27. The molecule has 0 aliphatic carbocycles. The summed E-state index contributed by atoms with van der Waals surface area (Å²) in [7, 11) is 0. The van der Waals surface area contributed by atoms with Crippen molar-refractivity contribution in [1.82, 2.24) is 62.3 Å². The lowest BCUT2D eigenvalue weighted by molar-refractivity contribution is -0.143. The number of carbonyl (C=O) groups excluding carboxylic acids is 10. The Morgan fingerprint density at radius 2 is 0.773 bits per heavy atom. The number of aromatic amines is 2. The normalized spacial score (nSPS) is 25.8. The number of fused-ring (bicyclic) bond motifs is 4. The van der Waals surface area contributed by atoms with Crippen molar-refractivity contribution in [3.63, 3.8) is 0 Å². The van der Waals surface area contributed by atoms with E-state index in [4.69, 9.17) is 11.5 Å². The minimum Gasteiger partial charge on any atom is -0.361 e. The Kier molecular flexibility index (Phi) is 24.1. The second kappa shape index (κ2) is 31.4. The summed E-state index contributed by atoms with van der Waals surface area (Å²) in [6.07, 6.45) is 5.74. The fraction of sp³-hybridized carbons (Fsp3) is 0.594. The first-order valence-corrected chi connectivity index (χ1v) is 31.5. The highest BCUT2D eigenvalue weighted by Gasteiger charge is 2.44. The lowest BCUT2D eigenvalue weighted by Gasteiger charge is -2.33. The summed E-state index contributed by atoms with van der Waals surface area (Å²) in [5.74, 6) is -7.93. The van der Waals surface area contributed by atoms with Crippen LogP contribution in [0.1, 0.15) is 131 Å². The molecule has 0 spiro atoms. The number of benzene rings is 2. The number of carbonyl (C=O) groups is 10. The predicted molar refractivity (Wildman–Crippen MR) is 334 cm³/mol. The van der Waals surface area contributed by atoms with Crippen LogP contribution in [0.15, 0.2) is 60.9 Å². The standard InChI is InChI=1S/C64H94N14O10/c1-35(2)29-47-57(81)73-49(31-39-33-67-43-19-11-9-17-41(39)43)63(87)77-27-15-23-51(77)59(83)76-54(38(7)8)62(86)70-46(22-14-26-66)56(80)72-48(30-36(3)4)58(82)74-50(32-40-34-68-44-20-12-10-18-42(40)44)64(88)78-28-16-24-52(78)60(84)75-53(37(5)6)61(85)69-45(21-13-25-65)55(79)71-47/h9-12,17-20,33-38,45-54,67-68H,13-16,21-32,65-66H2,1-8H3,(H,69,85)(H,70,86)(H,71,79)(H,72,80)(H,73,81)(H,74,82)(H,75,84)(H,76,83)/t45-,46-,47-,48-,49+,50+,51-,52-,53-,54-/m0/s1. The van der Waals surface area contributed by atoms with Gasteiger partial charge in [-0.25, -0.2) is 0 Å². The van der Waals surface area contributed by atoms with Gasteiger partial charge in [0.1, 0.15) is 60.4 Å². The van der Waals surface area contributed by atoms with Gasteiger partial charge in [-0.3, -0.25) is 47.9 Å². The van der Waals surface area contributed by atoms with Crippen LogP contribution in [0.2, 0.25) is 0 Å². The first-order chi connectivity index (χ1) is 42.0. The third-order valence-electron chi connectivity index (χ3n) is 16.9. The van der Waals surface area contributed by atoms with Gasteiger partial charge in [0.25, 0.3) is 0 Å². The van der Waals surface area contributed by atoms with Crippen LogP contribution in [-0.4, -0.2) is 165 Å². The van der Waals surface area contributed by atoms with Crippen LogP contribution in [0, 0.1) is 23.7 Å². The minimum atomic E-state index is -1.26. The molecule has 10 amide bonds. The Labute approximate surface area is 515 Å². The molecule has 24 heteroatoms. The highest BCUT2D eigenvalue weighted by molar-refractivity contribution is 6.00. The Balaban J connectivity index is 1.28. The molecule has 3 aliphatic heterocycles. The lowest BCUT2D eigenvalue weighted by atomic mass is 9.98. The fourth-order valence-electron chi connectivity index (χ4n) is 12.2. The molecule has 24 nitrogen and oxygen atoms in total. The molecule has 0 radical (unpaired) electrons. The monoisotopic (exact) mass is 1220 g/mol. The maximum Gasteiger partial charge on any atom is 0.246 e. The number of H-pyrrole nitrogens is 2. The zero-order chi connectivity index (χ0) is 63.9. The molecule has 5 heterocycles. The number of para-hydroxylation sites is 2. The number of hydrogen-bond donors (Lipinski definition) is 12. The molecular formula is C64H94N14O10. The van der Waals surface area contributed by atoms with E-state index in [1.807, 2.05) is 76.2 Å². The largest absolute Gasteiger partial charge is 0.361 e. The van der Waals surface area contributed by atoms with Gasteiger partial charge in [0.15, 0.2) is 0 Å². The predicted octanol–water partition coefficient (Wildman–Crippen LogP) is 2.19. The van der Waals surface area contributed by atoms with Crippen molar-refractivity contribution in [2.75, 3.05) is 26.2 Å². The number of nitrogens with two attached hydrogens (primary N) is 2. The molecular weight excluding hydrogens is 1120 g/mol. The van der Waals surface area contributed by atoms with E-state index in [-0.39, 0.29) is 89.4 Å². The molecule has 2 aromatic heterocycles. The highest BCUT2D eigenvalue weighted by atomic mass is 16.2. The molecule has 0 bridgehead atoms. The van der Waals surface area contributed by atoms with Gasteiger partial charge in [-0.15, -0.1) is 0 Å². The van der Waals surface area contributed by atoms with Gasteiger partial charge >= 0.3 is 0 Å². The Hall–Kier alpha value is -7.86. The molecule has 3 saturated heterocycles. The second-order valence-corrected chi connectivity index (χ2v) is 25.5. The van der Waals surface area contributed by atoms with Gasteiger partial charge in [0.05, 0.1) is 0 Å². The molecule has 2 aromatic carbocycles. The first-order valence-electron chi connectivity index (χ1n) is 31.5. The van der Waals surface area contributed by atoms with Crippen molar-refractivity contribution in [2.24, 2.45) is 35.1 Å². The molecule has 10 atom stereocenters. The topological polar surface area (TPSA) is 357 Å². The first kappa shape index (κ1) is 67.6. The van der Waals surface area contributed by atoms with Crippen LogP contribution < -0.4 is 54.0 Å². The summed E-state index contributed by atoms with van der Waals surface area (Å²) in [5, 5.41) is 24.7. The quantitative estimate of drug-likeness (QED) is 0.0769. The third kappa shape index (κ3) is 17.3. The summed E-state index contributed by atoms with van der Waals surface area (Å²) < 4.78 is 0. The summed E-state index contributed by atoms with van der Waals surface area (Å²) >= 11 is 0. The molecule has 3 fully saturated rings. The third-order valence-corrected chi connectivity index (χ3v) is 16.9. The number of nitrogens with zero attached hydrogens (tertiary/aromatic N) is 2. The van der Waals surface area contributed by atoms with Crippen molar-refractivity contribution in [3.05, 3.63) is 72.1 Å². The van der Waals surface area contributed by atoms with Crippen molar-refractivity contribution in [2.45, 2.75) is 193 Å². The Morgan fingerprint density at radius 3 is 1.12 bits per heavy atom. The van der Waals surface area contributed by atoms with Crippen molar-refractivity contribution < 1.29 is 47.9 Å². The van der Waals surface area contributed by atoms with E-state index in [1.54, 1.807) is 40.1 Å². The number of amides is 10. The summed E-state index contributed by atoms with van der Waals surface area (Å²) in [6.45, 7) is 15.0. The summed E-state index contributed by atoms with van der Waals surface area (Å²) in [4.78, 5) is 157. The van der Waals surface area contributed by atoms with Gasteiger partial charge in [0, 0.05) is 60.1 Å². The van der Waals surface area contributed by atoms with Crippen LogP contribution in [0.3, 0.4) is 0 Å². The van der Waals surface area contributed by atoms with E-state index in [1.165, 1.54) is 9.80 Å². The molecule has 14 N–H and O–H groups in total. The molecule has 0 unspecified atom stereocenters. The second-order valence-electron chi connectivity index (χ2n) is 25.5. The number of nitrogens with one attached hydrogen (secondary N) is 10. The van der Waals surface area contributed by atoms with E-state index in [2.05, 4.69) is 52.5 Å². The number of hydrogen-bond acceptors (Lipinski definition) is 12. The van der Waals surface area contributed by atoms with Crippen LogP contribution in [0.5, 0.6) is 0 Å². The van der Waals surface area contributed by atoms with E-state index in [0.717, 1.165) is 21.8 Å². The smallest absolute Gasteiger partial charge is 0.246 e. The minimum absolute atomic E-state index is 0.0133. The lowest BCUT2D eigenvalue weighted by Crippen LogP contribution is -2.62. The zero-order valence-electron chi connectivity index (χ0n) is 52.3. The Morgan fingerprint density at radius 1 is 0.432 bits per heavy atom. The van der Waals surface area contributed by atoms with Gasteiger partial charge in [-0.1, -0.05) is 91.8 Å². The molecule has 7 rings (SSSR count). The van der Waals surface area contributed by atoms with Gasteiger partial charge in [0.2, 0.25) is 59.1 Å². The average Bonchev–Trinajstić information content (AvgIpc) is 2.81. The fourth-order valence-corrected chi connectivity index (χ4v) is 12.2. The van der Waals surface area contributed by atoms with E-state index in [9.17, 15) is 38.4 Å². The SMILES string of the molecule is CC(C)C[C@@H]1NC(=O)[C@H](CCCN)NC(=O)[C@H](C(C)C)NC(=O)[C@@H]2CCCN2C(=O)[C@@H](Cc2c[nH]c3ccccc23)NC(=O)[C@H](CC(C)C)NC(=O)[C@H](CCCN)NC(=O)[C@H](C(C)C)NC(=O)[C@@H]2CCCN2C(=O)[C@@H](Cc2c[nH]c3ccccc23)NC1=O. The number of aromatic nitrogens is 2. The van der Waals surface area contributed by atoms with Gasteiger partial charge in [-0.2, -0.15) is 0 Å². The summed E-state index contributed by atoms with van der Waals surface area (Å²) in [6, 6.07) is 2.95. The zero-order valence-corrected chi connectivity index (χ0v) is 52.3. The molecule has 3 aliphatic rings. The van der Waals surface area contributed by atoms with Crippen LogP contribution in [0.4, 0.5) is 0 Å². The molecule has 0 saturated carbocycles. The summed E-state index contributed by atoms with van der Waals surface area (Å²) in [5.41, 5.74) is 14.9. The maximum absolute atomic E-state index is 15.2. The van der Waals surface area contributed by atoms with Crippen LogP contribution >= 0.6 is 0 Å². The van der Waals surface area contributed by atoms with Crippen molar-refractivity contribution >= 4 is 80.9 Å². The van der Waals surface area contributed by atoms with Crippen LogP contribution in [-0.2, 0) is 60.8 Å². The van der Waals surface area contributed by atoms with E-state index >= 15 is 9.59 Å². The van der Waals surface area contributed by atoms with Gasteiger partial charge < -0.3 is 73.8 Å². The van der Waals surface area contributed by atoms with E-state index < -0.39 is 131 Å². The average molecular weight is 1220 g/mol. The molecule has 480 valence electrons. The Bertz CT molecular complexity index is 2910. The van der Waals surface area contributed by atoms with Crippen molar-refractivity contribution in [1.29, 1.82) is 0 Å². The van der Waals surface area contributed by atoms with Gasteiger partial charge in [-0.05, 0) is 124 Å². The number of rotatable bonds is 16. The van der Waals surface area contributed by atoms with Crippen LogP contribution in [0.25, 0.3) is 21.8 Å². The van der Waals surface area contributed by atoms with E-state index in [0.29, 0.717) is 36.8 Å².